The molecule has 0 saturated carbocycles. The van der Waals surface area contributed by atoms with Gasteiger partial charge in [-0.15, -0.1) is 0 Å². The van der Waals surface area contributed by atoms with Crippen LogP contribution in [0, 0.1) is 5.82 Å². The van der Waals surface area contributed by atoms with Crippen LogP contribution in [0.3, 0.4) is 0 Å². The fourth-order valence-corrected chi connectivity index (χ4v) is 4.76. The average Bonchev–Trinajstić information content (AvgIpc) is 2.75. The summed E-state index contributed by atoms with van der Waals surface area (Å²) in [5.74, 6) is -0.637. The fraction of sp³-hybridized carbons (Fsp3) is 0. The minimum atomic E-state index is -0.366. The SMILES string of the molecule is O=C(Nc1cc(Sc2ccccc2)cc(Sc2ccccc2)c1)c1ccc(F)cc1. The van der Waals surface area contributed by atoms with Crippen LogP contribution in [0.1, 0.15) is 10.4 Å². The summed E-state index contributed by atoms with van der Waals surface area (Å²) in [5.41, 5.74) is 1.11. The van der Waals surface area contributed by atoms with Gasteiger partial charge in [-0.1, -0.05) is 59.9 Å². The van der Waals surface area contributed by atoms with E-state index in [1.807, 2.05) is 48.5 Å². The van der Waals surface area contributed by atoms with E-state index in [2.05, 4.69) is 35.6 Å². The van der Waals surface area contributed by atoms with Crippen LogP contribution < -0.4 is 5.32 Å². The smallest absolute Gasteiger partial charge is 0.255 e. The van der Waals surface area contributed by atoms with E-state index in [0.717, 1.165) is 19.6 Å². The zero-order chi connectivity index (χ0) is 20.8. The van der Waals surface area contributed by atoms with Gasteiger partial charge in [-0.25, -0.2) is 4.39 Å². The Bertz CT molecular complexity index is 1070. The van der Waals surface area contributed by atoms with Crippen molar-refractivity contribution >= 4 is 35.1 Å². The number of halogens is 1. The van der Waals surface area contributed by atoms with Crippen molar-refractivity contribution in [2.45, 2.75) is 19.6 Å². The first-order chi connectivity index (χ1) is 14.7. The summed E-state index contributed by atoms with van der Waals surface area (Å²) in [5, 5.41) is 2.94. The molecule has 0 bridgehead atoms. The summed E-state index contributed by atoms with van der Waals surface area (Å²) in [6.07, 6.45) is 0. The Hall–Kier alpha value is -3.02. The van der Waals surface area contributed by atoms with Gasteiger partial charge in [-0.2, -0.15) is 0 Å². The molecule has 0 heterocycles. The number of nitrogens with one attached hydrogen (secondary N) is 1. The summed E-state index contributed by atoms with van der Waals surface area (Å²) in [4.78, 5) is 16.9. The second-order valence-corrected chi connectivity index (χ2v) is 8.78. The Kier molecular flexibility index (Phi) is 6.52. The van der Waals surface area contributed by atoms with E-state index >= 15 is 0 Å². The predicted octanol–water partition coefficient (Wildman–Crippen LogP) is 7.38. The van der Waals surface area contributed by atoms with Crippen molar-refractivity contribution in [3.8, 4) is 0 Å². The number of carbonyl (C=O) groups excluding carboxylic acids is 1. The molecule has 0 radical (unpaired) electrons. The van der Waals surface area contributed by atoms with Gasteiger partial charge in [0.25, 0.3) is 5.91 Å². The van der Waals surface area contributed by atoms with Gasteiger partial charge in [0.1, 0.15) is 5.82 Å². The number of carbonyl (C=O) groups is 1. The molecule has 0 atom stereocenters. The van der Waals surface area contributed by atoms with Gasteiger partial charge in [0, 0.05) is 30.8 Å². The van der Waals surface area contributed by atoms with Gasteiger partial charge in [0.15, 0.2) is 0 Å². The van der Waals surface area contributed by atoms with E-state index in [0.29, 0.717) is 11.3 Å². The average molecular weight is 432 g/mol. The lowest BCUT2D eigenvalue weighted by atomic mass is 10.2. The Labute approximate surface area is 183 Å². The molecule has 4 aromatic rings. The van der Waals surface area contributed by atoms with E-state index in [1.165, 1.54) is 24.3 Å². The second kappa shape index (κ2) is 9.65. The summed E-state index contributed by atoms with van der Waals surface area (Å²) >= 11 is 3.27. The zero-order valence-corrected chi connectivity index (χ0v) is 17.6. The number of rotatable bonds is 6. The monoisotopic (exact) mass is 431 g/mol. The summed E-state index contributed by atoms with van der Waals surface area (Å²) in [6.45, 7) is 0. The summed E-state index contributed by atoms with van der Waals surface area (Å²) < 4.78 is 13.2. The molecule has 0 spiro atoms. The molecule has 1 N–H and O–H groups in total. The molecule has 0 aliphatic heterocycles. The van der Waals surface area contributed by atoms with Crippen LogP contribution in [-0.2, 0) is 0 Å². The molecular weight excluding hydrogens is 413 g/mol. The lowest BCUT2D eigenvalue weighted by molar-refractivity contribution is 0.102. The number of anilines is 1. The summed E-state index contributed by atoms with van der Waals surface area (Å²) in [6, 6.07) is 31.7. The zero-order valence-electron chi connectivity index (χ0n) is 15.9. The lowest BCUT2D eigenvalue weighted by Crippen LogP contribution is -2.11. The lowest BCUT2D eigenvalue weighted by Gasteiger charge is -2.11. The van der Waals surface area contributed by atoms with Gasteiger partial charge in [-0.05, 0) is 66.7 Å². The Balaban J connectivity index is 1.62. The Morgan fingerprint density at radius 2 is 1.13 bits per heavy atom. The highest BCUT2D eigenvalue weighted by molar-refractivity contribution is 8.00. The minimum absolute atomic E-state index is 0.271. The molecular formula is C25H18FNOS2. The standard InChI is InChI=1S/C25H18FNOS2/c26-19-13-11-18(12-14-19)25(28)27-20-15-23(29-21-7-3-1-4-8-21)17-24(16-20)30-22-9-5-2-6-10-22/h1-17H,(H,27,28). The quantitative estimate of drug-likeness (QED) is 0.345. The maximum absolute atomic E-state index is 13.2. The molecule has 30 heavy (non-hydrogen) atoms. The maximum atomic E-state index is 13.2. The Morgan fingerprint density at radius 3 is 1.63 bits per heavy atom. The highest BCUT2D eigenvalue weighted by Gasteiger charge is 2.10. The number of hydrogen-bond acceptors (Lipinski definition) is 3. The summed E-state index contributed by atoms with van der Waals surface area (Å²) in [7, 11) is 0. The molecule has 5 heteroatoms. The molecule has 4 aromatic carbocycles. The molecule has 0 saturated heterocycles. The molecule has 0 aliphatic carbocycles. The molecule has 1 amide bonds. The van der Waals surface area contributed by atoms with E-state index in [9.17, 15) is 9.18 Å². The van der Waals surface area contributed by atoms with Crippen LogP contribution in [-0.4, -0.2) is 5.91 Å². The van der Waals surface area contributed by atoms with Crippen LogP contribution in [0.4, 0.5) is 10.1 Å². The predicted molar refractivity (Wildman–Crippen MR) is 122 cm³/mol. The van der Waals surface area contributed by atoms with Crippen molar-refractivity contribution in [2.75, 3.05) is 5.32 Å². The normalized spacial score (nSPS) is 10.6. The first-order valence-electron chi connectivity index (χ1n) is 9.33. The van der Waals surface area contributed by atoms with E-state index in [1.54, 1.807) is 23.5 Å². The highest BCUT2D eigenvalue weighted by atomic mass is 32.2. The van der Waals surface area contributed by atoms with Gasteiger partial charge >= 0.3 is 0 Å². The largest absolute Gasteiger partial charge is 0.322 e. The molecule has 0 aliphatic rings. The fourth-order valence-electron chi connectivity index (χ4n) is 2.82. The molecule has 0 fully saturated rings. The van der Waals surface area contributed by atoms with Gasteiger partial charge in [0.05, 0.1) is 0 Å². The van der Waals surface area contributed by atoms with Crippen LogP contribution in [0.15, 0.2) is 123 Å². The molecule has 4 rings (SSSR count). The van der Waals surface area contributed by atoms with Gasteiger partial charge in [-0.3, -0.25) is 4.79 Å². The van der Waals surface area contributed by atoms with Crippen LogP contribution in [0.2, 0.25) is 0 Å². The van der Waals surface area contributed by atoms with E-state index in [4.69, 9.17) is 0 Å². The molecule has 0 unspecified atom stereocenters. The molecule has 0 aromatic heterocycles. The topological polar surface area (TPSA) is 29.1 Å². The van der Waals surface area contributed by atoms with Crippen molar-refractivity contribution in [1.82, 2.24) is 0 Å². The molecule has 2 nitrogen and oxygen atoms in total. The molecule has 148 valence electrons. The van der Waals surface area contributed by atoms with E-state index < -0.39 is 0 Å². The third-order valence-electron chi connectivity index (χ3n) is 4.20. The van der Waals surface area contributed by atoms with Gasteiger partial charge < -0.3 is 5.32 Å². The van der Waals surface area contributed by atoms with Crippen molar-refractivity contribution in [2.24, 2.45) is 0 Å². The number of hydrogen-bond donors (Lipinski definition) is 1. The maximum Gasteiger partial charge on any atom is 0.255 e. The first kappa shape index (κ1) is 20.3. The van der Waals surface area contributed by atoms with E-state index in [-0.39, 0.29) is 11.7 Å². The Morgan fingerprint density at radius 1 is 0.633 bits per heavy atom. The minimum Gasteiger partial charge on any atom is -0.322 e. The van der Waals surface area contributed by atoms with Crippen LogP contribution in [0.25, 0.3) is 0 Å². The van der Waals surface area contributed by atoms with Crippen molar-refractivity contribution in [1.29, 1.82) is 0 Å². The number of amides is 1. The van der Waals surface area contributed by atoms with Crippen LogP contribution in [0.5, 0.6) is 0 Å². The number of benzene rings is 4. The first-order valence-corrected chi connectivity index (χ1v) is 11.0. The van der Waals surface area contributed by atoms with Crippen molar-refractivity contribution in [3.05, 3.63) is 115 Å². The van der Waals surface area contributed by atoms with Crippen molar-refractivity contribution < 1.29 is 9.18 Å². The second-order valence-electron chi connectivity index (χ2n) is 6.48. The van der Waals surface area contributed by atoms with Gasteiger partial charge in [0.2, 0.25) is 0 Å². The third kappa shape index (κ3) is 5.53. The van der Waals surface area contributed by atoms with Crippen molar-refractivity contribution in [3.63, 3.8) is 0 Å². The third-order valence-corrected chi connectivity index (χ3v) is 6.16. The van der Waals surface area contributed by atoms with Crippen LogP contribution >= 0.6 is 23.5 Å². The highest BCUT2D eigenvalue weighted by Crippen LogP contribution is 2.36.